The van der Waals surface area contributed by atoms with Gasteiger partial charge in [0.2, 0.25) is 0 Å². The maximum atomic E-state index is 10.7. The molecule has 2 aromatic rings. The lowest BCUT2D eigenvalue weighted by molar-refractivity contribution is 0.0696. The Kier molecular flexibility index (Phi) is 4.02. The summed E-state index contributed by atoms with van der Waals surface area (Å²) in [5.74, 6) is -0.362. The Balaban J connectivity index is 2.10. The van der Waals surface area contributed by atoms with Gasteiger partial charge in [-0.25, -0.2) is 9.78 Å². The molecule has 1 heterocycles. The molecular formula is C14H13ClN2O2. The molecule has 2 rings (SSSR count). The highest BCUT2D eigenvalue weighted by atomic mass is 35.5. The van der Waals surface area contributed by atoms with E-state index in [0.29, 0.717) is 10.8 Å². The quantitative estimate of drug-likeness (QED) is 0.895. The van der Waals surface area contributed by atoms with Gasteiger partial charge in [-0.15, -0.1) is 0 Å². The fourth-order valence-corrected chi connectivity index (χ4v) is 1.89. The van der Waals surface area contributed by atoms with Gasteiger partial charge in [-0.3, -0.25) is 0 Å². The molecule has 0 spiro atoms. The van der Waals surface area contributed by atoms with E-state index >= 15 is 0 Å². The Morgan fingerprint density at radius 1 is 1.37 bits per heavy atom. The van der Waals surface area contributed by atoms with Crippen molar-refractivity contribution >= 4 is 23.4 Å². The van der Waals surface area contributed by atoms with Crippen LogP contribution in [0.1, 0.15) is 28.9 Å². The van der Waals surface area contributed by atoms with E-state index in [9.17, 15) is 4.79 Å². The summed E-state index contributed by atoms with van der Waals surface area (Å²) in [5, 5.41) is 12.7. The van der Waals surface area contributed by atoms with E-state index in [1.165, 1.54) is 12.3 Å². The molecular weight excluding hydrogens is 264 g/mol. The maximum absolute atomic E-state index is 10.7. The molecule has 19 heavy (non-hydrogen) atoms. The Bertz CT molecular complexity index is 584. The smallest absolute Gasteiger partial charge is 0.337 e. The first-order valence-electron chi connectivity index (χ1n) is 5.77. The summed E-state index contributed by atoms with van der Waals surface area (Å²) in [4.78, 5) is 14.8. The van der Waals surface area contributed by atoms with Crippen molar-refractivity contribution in [3.8, 4) is 0 Å². The topological polar surface area (TPSA) is 62.2 Å². The number of carboxylic acids is 1. The average Bonchev–Trinajstić information content (AvgIpc) is 2.39. The lowest BCUT2D eigenvalue weighted by atomic mass is 10.1. The zero-order valence-electron chi connectivity index (χ0n) is 10.3. The van der Waals surface area contributed by atoms with Crippen LogP contribution in [0.2, 0.25) is 5.02 Å². The molecule has 4 nitrogen and oxygen atoms in total. The van der Waals surface area contributed by atoms with Crippen molar-refractivity contribution in [1.29, 1.82) is 0 Å². The Labute approximate surface area is 116 Å². The highest BCUT2D eigenvalue weighted by Crippen LogP contribution is 2.20. The molecule has 0 amide bonds. The van der Waals surface area contributed by atoms with Crippen LogP contribution in [0, 0.1) is 0 Å². The number of nitrogens with zero attached hydrogens (tertiary/aromatic N) is 1. The van der Waals surface area contributed by atoms with Crippen LogP contribution in [-0.2, 0) is 0 Å². The van der Waals surface area contributed by atoms with E-state index in [2.05, 4.69) is 10.3 Å². The molecule has 5 heteroatoms. The van der Waals surface area contributed by atoms with E-state index in [-0.39, 0.29) is 11.6 Å². The van der Waals surface area contributed by atoms with Gasteiger partial charge in [-0.2, -0.15) is 0 Å². The zero-order chi connectivity index (χ0) is 13.8. The number of carboxylic acid groups (broad SMARTS) is 1. The van der Waals surface area contributed by atoms with Crippen molar-refractivity contribution in [1.82, 2.24) is 4.98 Å². The highest BCUT2D eigenvalue weighted by Gasteiger charge is 2.07. The number of halogens is 1. The third-order valence-corrected chi connectivity index (χ3v) is 2.96. The number of hydrogen-bond acceptors (Lipinski definition) is 3. The number of carbonyl (C=O) groups is 1. The summed E-state index contributed by atoms with van der Waals surface area (Å²) in [5.41, 5.74) is 1.21. The van der Waals surface area contributed by atoms with E-state index in [1.54, 1.807) is 6.07 Å². The van der Waals surface area contributed by atoms with Gasteiger partial charge in [0.05, 0.1) is 5.56 Å². The lowest BCUT2D eigenvalue weighted by Gasteiger charge is -2.15. The number of rotatable bonds is 4. The van der Waals surface area contributed by atoms with Crippen molar-refractivity contribution in [2.45, 2.75) is 13.0 Å². The highest BCUT2D eigenvalue weighted by molar-refractivity contribution is 6.30. The number of pyridine rings is 1. The fourth-order valence-electron chi connectivity index (χ4n) is 1.69. The molecule has 0 aliphatic carbocycles. The fraction of sp³-hybridized carbons (Fsp3) is 0.143. The third-order valence-electron chi connectivity index (χ3n) is 2.72. The molecule has 1 atom stereocenters. The minimum absolute atomic E-state index is 0.0295. The SMILES string of the molecule is CC(Nc1ccc(C(=O)O)cn1)c1cccc(Cl)c1. The van der Waals surface area contributed by atoms with Crippen molar-refractivity contribution in [3.63, 3.8) is 0 Å². The number of nitrogens with one attached hydrogen (secondary N) is 1. The van der Waals surface area contributed by atoms with Gasteiger partial charge < -0.3 is 10.4 Å². The molecule has 0 aliphatic rings. The van der Waals surface area contributed by atoms with E-state index < -0.39 is 5.97 Å². The molecule has 1 unspecified atom stereocenters. The average molecular weight is 277 g/mol. The van der Waals surface area contributed by atoms with Crippen molar-refractivity contribution in [3.05, 3.63) is 58.7 Å². The van der Waals surface area contributed by atoms with Crippen LogP contribution in [0.25, 0.3) is 0 Å². The van der Waals surface area contributed by atoms with Crippen LogP contribution in [0.5, 0.6) is 0 Å². The van der Waals surface area contributed by atoms with Crippen molar-refractivity contribution < 1.29 is 9.90 Å². The van der Waals surface area contributed by atoms with E-state index in [4.69, 9.17) is 16.7 Å². The second-order valence-electron chi connectivity index (χ2n) is 4.16. The van der Waals surface area contributed by atoms with Crippen molar-refractivity contribution in [2.24, 2.45) is 0 Å². The number of aromatic nitrogens is 1. The molecule has 0 fully saturated rings. The molecule has 2 N–H and O–H groups in total. The van der Waals surface area contributed by atoms with Gasteiger partial charge in [-0.1, -0.05) is 23.7 Å². The standard InChI is InChI=1S/C14H13ClN2O2/c1-9(10-3-2-4-12(15)7-10)17-13-6-5-11(8-16-13)14(18)19/h2-9H,1H3,(H,16,17)(H,18,19). The van der Waals surface area contributed by atoms with Crippen LogP contribution < -0.4 is 5.32 Å². The minimum Gasteiger partial charge on any atom is -0.478 e. The van der Waals surface area contributed by atoms with Gasteiger partial charge >= 0.3 is 5.97 Å². The molecule has 0 saturated carbocycles. The van der Waals surface area contributed by atoms with Crippen LogP contribution in [0.15, 0.2) is 42.6 Å². The largest absolute Gasteiger partial charge is 0.478 e. The van der Waals surface area contributed by atoms with Crippen LogP contribution in [-0.4, -0.2) is 16.1 Å². The van der Waals surface area contributed by atoms with E-state index in [0.717, 1.165) is 5.56 Å². The molecule has 0 radical (unpaired) electrons. The van der Waals surface area contributed by atoms with Crippen LogP contribution >= 0.6 is 11.6 Å². The molecule has 1 aromatic heterocycles. The first-order chi connectivity index (χ1) is 9.06. The molecule has 98 valence electrons. The molecule has 0 aliphatic heterocycles. The predicted molar refractivity (Wildman–Crippen MR) is 74.7 cm³/mol. The van der Waals surface area contributed by atoms with Gasteiger partial charge in [0.1, 0.15) is 5.82 Å². The summed E-state index contributed by atoms with van der Waals surface area (Å²) in [7, 11) is 0. The van der Waals surface area contributed by atoms with Crippen molar-refractivity contribution in [2.75, 3.05) is 5.32 Å². The first kappa shape index (κ1) is 13.4. The number of benzene rings is 1. The van der Waals surface area contributed by atoms with Crippen LogP contribution in [0.3, 0.4) is 0 Å². The van der Waals surface area contributed by atoms with E-state index in [1.807, 2.05) is 31.2 Å². The van der Waals surface area contributed by atoms with Gasteiger partial charge in [0.25, 0.3) is 0 Å². The summed E-state index contributed by atoms with van der Waals surface area (Å²) < 4.78 is 0. The lowest BCUT2D eigenvalue weighted by Crippen LogP contribution is -2.08. The number of aromatic carboxylic acids is 1. The summed E-state index contributed by atoms with van der Waals surface area (Å²) in [6.45, 7) is 1.98. The van der Waals surface area contributed by atoms with Gasteiger partial charge in [0.15, 0.2) is 0 Å². The summed E-state index contributed by atoms with van der Waals surface area (Å²) in [6.07, 6.45) is 1.33. The predicted octanol–water partition coefficient (Wildman–Crippen LogP) is 3.61. The number of anilines is 1. The summed E-state index contributed by atoms with van der Waals surface area (Å²) in [6, 6.07) is 10.7. The zero-order valence-corrected chi connectivity index (χ0v) is 11.1. The third kappa shape index (κ3) is 3.45. The second-order valence-corrected chi connectivity index (χ2v) is 4.59. The van der Waals surface area contributed by atoms with Gasteiger partial charge in [0, 0.05) is 17.3 Å². The normalized spacial score (nSPS) is 11.9. The number of hydrogen-bond donors (Lipinski definition) is 2. The molecule has 0 saturated heterocycles. The Morgan fingerprint density at radius 3 is 2.74 bits per heavy atom. The molecule has 1 aromatic carbocycles. The Morgan fingerprint density at radius 2 is 2.16 bits per heavy atom. The van der Waals surface area contributed by atoms with Gasteiger partial charge in [-0.05, 0) is 36.8 Å². The second kappa shape index (κ2) is 5.71. The summed E-state index contributed by atoms with van der Waals surface area (Å²) >= 11 is 5.94. The maximum Gasteiger partial charge on any atom is 0.337 e. The van der Waals surface area contributed by atoms with Crippen LogP contribution in [0.4, 0.5) is 5.82 Å². The Hall–Kier alpha value is -2.07. The molecule has 0 bridgehead atoms. The first-order valence-corrected chi connectivity index (χ1v) is 6.15. The minimum atomic E-state index is -0.984. The monoisotopic (exact) mass is 276 g/mol.